The van der Waals surface area contributed by atoms with E-state index in [4.69, 9.17) is 5.11 Å². The number of carboxylic acids is 1. The van der Waals surface area contributed by atoms with Gasteiger partial charge in [-0.15, -0.1) is 16.9 Å². The summed E-state index contributed by atoms with van der Waals surface area (Å²) in [4.78, 5) is 10.6. The summed E-state index contributed by atoms with van der Waals surface area (Å²) in [6.07, 6.45) is 1.43. The smallest absolute Gasteiger partial charge is 0.358 e. The van der Waals surface area contributed by atoms with Crippen LogP contribution in [0, 0.1) is 6.92 Å². The molecule has 8 heteroatoms. The molecule has 1 N–H and O–H groups in total. The topological polar surface area (TPSA) is 85.8 Å². The summed E-state index contributed by atoms with van der Waals surface area (Å²) in [5.74, 6) is -0.280. The van der Waals surface area contributed by atoms with Crippen molar-refractivity contribution >= 4 is 17.7 Å². The Balaban J connectivity index is 1.88. The van der Waals surface area contributed by atoms with E-state index in [0.29, 0.717) is 6.54 Å². The third-order valence-corrected chi connectivity index (χ3v) is 3.35. The molecule has 0 aromatic carbocycles. The number of aryl methyl sites for hydroxylation is 3. The molecule has 0 spiro atoms. The van der Waals surface area contributed by atoms with E-state index in [1.807, 2.05) is 24.7 Å². The number of aromatic nitrogens is 5. The van der Waals surface area contributed by atoms with E-state index in [1.165, 1.54) is 10.9 Å². The molecular formula is C10H13N5O2S. The van der Waals surface area contributed by atoms with Gasteiger partial charge in [0.25, 0.3) is 0 Å². The Hall–Kier alpha value is -1.83. The normalized spacial score (nSPS) is 10.8. The quantitative estimate of drug-likeness (QED) is 0.807. The minimum absolute atomic E-state index is 0.0311. The van der Waals surface area contributed by atoms with Gasteiger partial charge in [-0.05, 0) is 13.0 Å². The number of hydrogen-bond donors (Lipinski definition) is 1. The molecule has 2 aromatic rings. The van der Waals surface area contributed by atoms with Gasteiger partial charge >= 0.3 is 5.97 Å². The monoisotopic (exact) mass is 267 g/mol. The van der Waals surface area contributed by atoms with Gasteiger partial charge in [-0.25, -0.2) is 4.79 Å². The fourth-order valence-corrected chi connectivity index (χ4v) is 2.44. The highest BCUT2D eigenvalue weighted by Crippen LogP contribution is 2.18. The molecular weight excluding hydrogens is 254 g/mol. The zero-order valence-electron chi connectivity index (χ0n) is 10.1. The lowest BCUT2D eigenvalue weighted by atomic mass is 10.5. The maximum absolute atomic E-state index is 10.6. The summed E-state index contributed by atoms with van der Waals surface area (Å²) in [7, 11) is 1.90. The first-order valence-electron chi connectivity index (χ1n) is 5.33. The van der Waals surface area contributed by atoms with Crippen molar-refractivity contribution in [3.05, 3.63) is 23.7 Å². The molecule has 0 aliphatic carbocycles. The fourth-order valence-electron chi connectivity index (χ4n) is 1.47. The predicted octanol–water partition coefficient (Wildman–Crippen LogP) is 0.811. The minimum Gasteiger partial charge on any atom is -0.476 e. The van der Waals surface area contributed by atoms with Gasteiger partial charge in [0.1, 0.15) is 0 Å². The van der Waals surface area contributed by atoms with Crippen molar-refractivity contribution < 1.29 is 9.90 Å². The third-order valence-electron chi connectivity index (χ3n) is 2.29. The van der Waals surface area contributed by atoms with Gasteiger partial charge in [0.05, 0.1) is 23.5 Å². The van der Waals surface area contributed by atoms with Crippen LogP contribution in [-0.4, -0.2) is 41.6 Å². The van der Waals surface area contributed by atoms with E-state index in [1.54, 1.807) is 11.8 Å². The van der Waals surface area contributed by atoms with Gasteiger partial charge in [-0.1, -0.05) is 5.21 Å². The first kappa shape index (κ1) is 12.6. The van der Waals surface area contributed by atoms with Crippen LogP contribution in [0.5, 0.6) is 0 Å². The molecule has 0 atom stereocenters. The number of carboxylic acid groups (broad SMARTS) is 1. The van der Waals surface area contributed by atoms with Gasteiger partial charge in [0.15, 0.2) is 5.69 Å². The second-order valence-corrected chi connectivity index (χ2v) is 4.88. The molecule has 0 saturated carbocycles. The Morgan fingerprint density at radius 3 is 2.89 bits per heavy atom. The Bertz CT molecular complexity index is 562. The van der Waals surface area contributed by atoms with E-state index in [0.717, 1.165) is 16.5 Å². The molecule has 0 aliphatic heterocycles. The molecule has 2 rings (SSSR count). The lowest BCUT2D eigenvalue weighted by Gasteiger charge is -2.01. The fraction of sp³-hybridized carbons (Fsp3) is 0.400. The summed E-state index contributed by atoms with van der Waals surface area (Å²) in [6.45, 7) is 2.55. The second-order valence-electron chi connectivity index (χ2n) is 3.77. The van der Waals surface area contributed by atoms with Crippen LogP contribution in [0.3, 0.4) is 0 Å². The number of carbonyl (C=O) groups is 1. The van der Waals surface area contributed by atoms with Gasteiger partial charge in [-0.3, -0.25) is 9.36 Å². The molecule has 0 radical (unpaired) electrons. The van der Waals surface area contributed by atoms with Crippen LogP contribution in [0.4, 0.5) is 0 Å². The van der Waals surface area contributed by atoms with Crippen LogP contribution in [-0.2, 0) is 13.6 Å². The van der Waals surface area contributed by atoms with E-state index >= 15 is 0 Å². The SMILES string of the molecule is Cc1cc(SCCn2cc(C(=O)O)nn2)n(C)n1. The van der Waals surface area contributed by atoms with E-state index in [9.17, 15) is 4.79 Å². The van der Waals surface area contributed by atoms with Crippen LogP contribution in [0.1, 0.15) is 16.2 Å². The molecule has 18 heavy (non-hydrogen) atoms. The zero-order chi connectivity index (χ0) is 13.1. The predicted molar refractivity (Wildman–Crippen MR) is 65.7 cm³/mol. The largest absolute Gasteiger partial charge is 0.476 e. The van der Waals surface area contributed by atoms with Crippen LogP contribution in [0.25, 0.3) is 0 Å². The molecule has 96 valence electrons. The van der Waals surface area contributed by atoms with Crippen LogP contribution < -0.4 is 0 Å². The van der Waals surface area contributed by atoms with Crippen molar-refractivity contribution in [2.24, 2.45) is 7.05 Å². The van der Waals surface area contributed by atoms with E-state index in [-0.39, 0.29) is 5.69 Å². The number of hydrogen-bond acceptors (Lipinski definition) is 5. The molecule has 2 heterocycles. The van der Waals surface area contributed by atoms with Crippen LogP contribution in [0.15, 0.2) is 17.3 Å². The summed E-state index contributed by atoms with van der Waals surface area (Å²) in [5, 5.41) is 21.3. The van der Waals surface area contributed by atoms with Gasteiger partial charge < -0.3 is 5.11 Å². The van der Waals surface area contributed by atoms with Crippen LogP contribution >= 0.6 is 11.8 Å². The molecule has 0 amide bonds. The zero-order valence-corrected chi connectivity index (χ0v) is 10.9. The maximum Gasteiger partial charge on any atom is 0.358 e. The summed E-state index contributed by atoms with van der Waals surface area (Å²) < 4.78 is 3.35. The first-order chi connectivity index (χ1) is 8.56. The van der Waals surface area contributed by atoms with Crippen molar-refractivity contribution in [2.75, 3.05) is 5.75 Å². The Kier molecular flexibility index (Phi) is 3.66. The van der Waals surface area contributed by atoms with E-state index in [2.05, 4.69) is 15.4 Å². The van der Waals surface area contributed by atoms with Crippen molar-refractivity contribution in [3.63, 3.8) is 0 Å². The van der Waals surface area contributed by atoms with Crippen LogP contribution in [0.2, 0.25) is 0 Å². The average molecular weight is 267 g/mol. The molecule has 0 aliphatic rings. The molecule has 0 bridgehead atoms. The molecule has 0 unspecified atom stereocenters. The summed E-state index contributed by atoms with van der Waals surface area (Å²) >= 11 is 1.64. The summed E-state index contributed by atoms with van der Waals surface area (Å²) in [5.41, 5.74) is 0.949. The molecule has 0 fully saturated rings. The van der Waals surface area contributed by atoms with Gasteiger partial charge in [-0.2, -0.15) is 5.10 Å². The lowest BCUT2D eigenvalue weighted by molar-refractivity contribution is 0.0690. The molecule has 0 saturated heterocycles. The second kappa shape index (κ2) is 5.21. The lowest BCUT2D eigenvalue weighted by Crippen LogP contribution is -2.02. The molecule has 2 aromatic heterocycles. The van der Waals surface area contributed by atoms with E-state index < -0.39 is 5.97 Å². The molecule has 7 nitrogen and oxygen atoms in total. The Labute approximate surface area is 108 Å². The van der Waals surface area contributed by atoms with Gasteiger partial charge in [0, 0.05) is 12.8 Å². The standard InChI is InChI=1S/C10H13N5O2S/c1-7-5-9(14(2)12-7)18-4-3-15-6-8(10(16)17)11-13-15/h5-6H,3-4H2,1-2H3,(H,16,17). The Morgan fingerprint density at radius 1 is 1.56 bits per heavy atom. The highest BCUT2D eigenvalue weighted by molar-refractivity contribution is 7.99. The highest BCUT2D eigenvalue weighted by Gasteiger charge is 2.08. The average Bonchev–Trinajstić information content (AvgIpc) is 2.87. The highest BCUT2D eigenvalue weighted by atomic mass is 32.2. The number of thioether (sulfide) groups is 1. The number of nitrogens with zero attached hydrogens (tertiary/aromatic N) is 5. The summed E-state index contributed by atoms with van der Waals surface area (Å²) in [6, 6.07) is 2.01. The third kappa shape index (κ3) is 2.89. The maximum atomic E-state index is 10.6. The first-order valence-corrected chi connectivity index (χ1v) is 6.31. The number of rotatable bonds is 5. The van der Waals surface area contributed by atoms with Crippen molar-refractivity contribution in [3.8, 4) is 0 Å². The van der Waals surface area contributed by atoms with Crippen molar-refractivity contribution in [2.45, 2.75) is 18.5 Å². The number of aromatic carboxylic acids is 1. The Morgan fingerprint density at radius 2 is 2.33 bits per heavy atom. The van der Waals surface area contributed by atoms with Crippen molar-refractivity contribution in [1.82, 2.24) is 24.8 Å². The minimum atomic E-state index is -1.06. The van der Waals surface area contributed by atoms with Gasteiger partial charge in [0.2, 0.25) is 0 Å². The van der Waals surface area contributed by atoms with Crippen molar-refractivity contribution in [1.29, 1.82) is 0 Å².